The third kappa shape index (κ3) is 2.39. The molecule has 18 heavy (non-hydrogen) atoms. The van der Waals surface area contributed by atoms with Gasteiger partial charge in [-0.3, -0.25) is 4.79 Å². The van der Waals surface area contributed by atoms with Gasteiger partial charge in [-0.15, -0.1) is 0 Å². The van der Waals surface area contributed by atoms with Crippen LogP contribution in [-0.4, -0.2) is 12.5 Å². The van der Waals surface area contributed by atoms with E-state index in [-0.39, 0.29) is 5.91 Å². The van der Waals surface area contributed by atoms with Crippen LogP contribution < -0.4 is 10.1 Å². The number of benzene rings is 1. The molecule has 2 rings (SSSR count). The number of hydrogen-bond donors (Lipinski definition) is 1. The summed E-state index contributed by atoms with van der Waals surface area (Å²) in [4.78, 5) is 12.1. The lowest BCUT2D eigenvalue weighted by Crippen LogP contribution is -2.33. The Balaban J connectivity index is 2.53. The lowest BCUT2D eigenvalue weighted by molar-refractivity contribution is -0.124. The van der Waals surface area contributed by atoms with Crippen LogP contribution >= 0.6 is 15.9 Å². The Hall–Kier alpha value is -1.03. The van der Waals surface area contributed by atoms with E-state index < -0.39 is 5.41 Å². The number of rotatable bonds is 1. The van der Waals surface area contributed by atoms with E-state index in [1.807, 2.05) is 26.0 Å². The minimum Gasteiger partial charge on any atom is -0.490 e. The van der Waals surface area contributed by atoms with Crippen LogP contribution in [0.2, 0.25) is 0 Å². The van der Waals surface area contributed by atoms with E-state index in [2.05, 4.69) is 35.1 Å². The quantitative estimate of drug-likeness (QED) is 0.853. The molecule has 3 nitrogen and oxygen atoms in total. The highest BCUT2D eigenvalue weighted by Crippen LogP contribution is 2.40. The fraction of sp³-hybridized carbons (Fsp3) is 0.500. The van der Waals surface area contributed by atoms with Crippen molar-refractivity contribution in [3.05, 3.63) is 22.2 Å². The fourth-order valence-corrected chi connectivity index (χ4v) is 2.38. The van der Waals surface area contributed by atoms with Gasteiger partial charge in [-0.25, -0.2) is 0 Å². The monoisotopic (exact) mass is 311 g/mol. The zero-order valence-electron chi connectivity index (χ0n) is 11.1. The van der Waals surface area contributed by atoms with Crippen LogP contribution in [0.25, 0.3) is 0 Å². The summed E-state index contributed by atoms with van der Waals surface area (Å²) in [5.74, 6) is 1.13. The second kappa shape index (κ2) is 4.57. The van der Waals surface area contributed by atoms with Crippen LogP contribution in [0.5, 0.6) is 5.75 Å². The Morgan fingerprint density at radius 2 is 2.06 bits per heavy atom. The summed E-state index contributed by atoms with van der Waals surface area (Å²) in [6.07, 6.45) is 0. The molecule has 1 amide bonds. The molecule has 1 N–H and O–H groups in total. The van der Waals surface area contributed by atoms with Gasteiger partial charge in [0.2, 0.25) is 5.91 Å². The molecule has 0 unspecified atom stereocenters. The Morgan fingerprint density at radius 1 is 1.39 bits per heavy atom. The highest BCUT2D eigenvalue weighted by atomic mass is 79.9. The lowest BCUT2D eigenvalue weighted by atomic mass is 9.94. The van der Waals surface area contributed by atoms with Crippen molar-refractivity contribution in [1.29, 1.82) is 0 Å². The van der Waals surface area contributed by atoms with E-state index in [9.17, 15) is 4.79 Å². The maximum absolute atomic E-state index is 12.1. The molecule has 1 aliphatic heterocycles. The summed E-state index contributed by atoms with van der Waals surface area (Å²) >= 11 is 3.48. The second-order valence-corrected chi connectivity index (χ2v) is 6.57. The molecule has 98 valence electrons. The molecule has 0 aromatic heterocycles. The molecular weight excluding hydrogens is 294 g/mol. The van der Waals surface area contributed by atoms with Crippen LogP contribution in [0, 0.1) is 5.41 Å². The summed E-state index contributed by atoms with van der Waals surface area (Å²) in [5.41, 5.74) is 1.35. The van der Waals surface area contributed by atoms with Crippen molar-refractivity contribution in [1.82, 2.24) is 0 Å². The van der Waals surface area contributed by atoms with Crippen molar-refractivity contribution in [3.63, 3.8) is 0 Å². The molecule has 0 atom stereocenters. The van der Waals surface area contributed by atoms with Crippen molar-refractivity contribution in [2.45, 2.75) is 33.6 Å². The number of halogens is 1. The molecule has 0 saturated heterocycles. The van der Waals surface area contributed by atoms with Crippen molar-refractivity contribution in [2.24, 2.45) is 5.41 Å². The summed E-state index contributed by atoms with van der Waals surface area (Å²) in [5, 5.41) is 2.95. The average molecular weight is 312 g/mol. The highest BCUT2D eigenvalue weighted by Gasteiger charge is 2.33. The van der Waals surface area contributed by atoms with E-state index in [1.54, 1.807) is 0 Å². The molecule has 0 spiro atoms. The first-order valence-corrected chi connectivity index (χ1v) is 6.88. The Morgan fingerprint density at radius 3 is 2.67 bits per heavy atom. The number of hydrogen-bond acceptors (Lipinski definition) is 2. The number of carbonyl (C=O) groups excluding carboxylic acids is 1. The normalized spacial score (nSPS) is 17.8. The second-order valence-electron chi connectivity index (χ2n) is 5.65. The van der Waals surface area contributed by atoms with Gasteiger partial charge in [0, 0.05) is 4.47 Å². The standard InChI is InChI=1S/C14H18BrNO2/c1-8(2)10-5-9(15)6-11-12(10)18-7-14(3,4)13(17)16-11/h5-6,8H,7H2,1-4H3,(H,16,17). The summed E-state index contributed by atoms with van der Waals surface area (Å²) in [6.45, 7) is 8.40. The van der Waals surface area contributed by atoms with Crippen LogP contribution in [0.3, 0.4) is 0 Å². The Bertz CT molecular complexity index is 495. The third-order valence-corrected chi connectivity index (χ3v) is 3.60. The molecule has 0 radical (unpaired) electrons. The van der Waals surface area contributed by atoms with Gasteiger partial charge in [-0.1, -0.05) is 29.8 Å². The predicted octanol–water partition coefficient (Wildman–Crippen LogP) is 3.93. The fourth-order valence-electron chi connectivity index (χ4n) is 1.91. The smallest absolute Gasteiger partial charge is 0.233 e. The number of anilines is 1. The van der Waals surface area contributed by atoms with Crippen molar-refractivity contribution < 1.29 is 9.53 Å². The van der Waals surface area contributed by atoms with E-state index in [0.29, 0.717) is 12.5 Å². The molecule has 4 heteroatoms. The van der Waals surface area contributed by atoms with E-state index in [0.717, 1.165) is 21.5 Å². The molecule has 1 aliphatic rings. The topological polar surface area (TPSA) is 38.3 Å². The summed E-state index contributed by atoms with van der Waals surface area (Å²) in [7, 11) is 0. The minimum absolute atomic E-state index is 0.00550. The number of nitrogens with one attached hydrogen (secondary N) is 1. The highest BCUT2D eigenvalue weighted by molar-refractivity contribution is 9.10. The first kappa shape index (κ1) is 13.4. The van der Waals surface area contributed by atoms with Crippen LogP contribution in [0.4, 0.5) is 5.69 Å². The van der Waals surface area contributed by atoms with Gasteiger partial charge in [-0.05, 0) is 37.5 Å². The van der Waals surface area contributed by atoms with Crippen molar-refractivity contribution in [3.8, 4) is 5.75 Å². The van der Waals surface area contributed by atoms with Gasteiger partial charge in [0.05, 0.1) is 11.1 Å². The zero-order valence-corrected chi connectivity index (χ0v) is 12.7. The largest absolute Gasteiger partial charge is 0.490 e. The zero-order chi connectivity index (χ0) is 13.5. The number of ether oxygens (including phenoxy) is 1. The van der Waals surface area contributed by atoms with Crippen LogP contribution in [-0.2, 0) is 4.79 Å². The summed E-state index contributed by atoms with van der Waals surface area (Å²) in [6, 6.07) is 3.94. The molecule has 0 saturated carbocycles. The molecule has 0 aliphatic carbocycles. The molecule has 0 bridgehead atoms. The van der Waals surface area contributed by atoms with Crippen molar-refractivity contribution in [2.75, 3.05) is 11.9 Å². The van der Waals surface area contributed by atoms with Crippen molar-refractivity contribution >= 4 is 27.5 Å². The summed E-state index contributed by atoms with van der Waals surface area (Å²) < 4.78 is 6.83. The molecule has 1 aromatic rings. The van der Waals surface area contributed by atoms with Gasteiger partial charge in [0.25, 0.3) is 0 Å². The molecular formula is C14H18BrNO2. The lowest BCUT2D eigenvalue weighted by Gasteiger charge is -2.19. The van der Waals surface area contributed by atoms with E-state index in [1.165, 1.54) is 0 Å². The Kier molecular flexibility index (Phi) is 3.41. The Labute approximate surface area is 116 Å². The number of amides is 1. The van der Waals surface area contributed by atoms with Crippen LogP contribution in [0.1, 0.15) is 39.2 Å². The molecule has 0 fully saturated rings. The SMILES string of the molecule is CC(C)c1cc(Br)cc2c1OCC(C)(C)C(=O)N2. The number of carbonyl (C=O) groups is 1. The first-order chi connectivity index (χ1) is 8.31. The maximum Gasteiger partial charge on any atom is 0.233 e. The van der Waals surface area contributed by atoms with E-state index in [4.69, 9.17) is 4.74 Å². The van der Waals surface area contributed by atoms with Gasteiger partial charge < -0.3 is 10.1 Å². The van der Waals surface area contributed by atoms with Gasteiger partial charge >= 0.3 is 0 Å². The average Bonchev–Trinajstić information content (AvgIpc) is 2.36. The third-order valence-electron chi connectivity index (χ3n) is 3.14. The van der Waals surface area contributed by atoms with Gasteiger partial charge in [0.1, 0.15) is 12.4 Å². The van der Waals surface area contributed by atoms with Crippen LogP contribution in [0.15, 0.2) is 16.6 Å². The molecule has 1 aromatic carbocycles. The van der Waals surface area contributed by atoms with E-state index >= 15 is 0 Å². The first-order valence-electron chi connectivity index (χ1n) is 6.09. The number of fused-ring (bicyclic) bond motifs is 1. The molecule has 1 heterocycles. The minimum atomic E-state index is -0.514. The van der Waals surface area contributed by atoms with Gasteiger partial charge in [-0.2, -0.15) is 0 Å². The van der Waals surface area contributed by atoms with Gasteiger partial charge in [0.15, 0.2) is 0 Å². The predicted molar refractivity (Wildman–Crippen MR) is 76.1 cm³/mol. The maximum atomic E-state index is 12.1.